The van der Waals surface area contributed by atoms with E-state index in [-0.39, 0.29) is 11.5 Å². The molecule has 0 aliphatic heterocycles. The van der Waals surface area contributed by atoms with Gasteiger partial charge < -0.3 is 10.3 Å². The van der Waals surface area contributed by atoms with Crippen LogP contribution >= 0.6 is 11.6 Å². The monoisotopic (exact) mass is 279 g/mol. The Hall–Kier alpha value is -1.39. The summed E-state index contributed by atoms with van der Waals surface area (Å²) in [6.45, 7) is 6.27. The molecule has 0 aliphatic carbocycles. The maximum Gasteiger partial charge on any atom is 0.228 e. The van der Waals surface area contributed by atoms with Crippen molar-refractivity contribution >= 4 is 11.6 Å². The average Bonchev–Trinajstić information content (AvgIpc) is 2.76. The summed E-state index contributed by atoms with van der Waals surface area (Å²) in [6.07, 6.45) is 0.567. The van der Waals surface area contributed by atoms with Crippen molar-refractivity contribution in [2.45, 2.75) is 33.2 Å². The Labute approximate surface area is 118 Å². The first-order valence-electron chi connectivity index (χ1n) is 6.20. The number of hydrogen-bond donors (Lipinski definition) is 1. The van der Waals surface area contributed by atoms with Crippen molar-refractivity contribution < 1.29 is 4.52 Å². The highest BCUT2D eigenvalue weighted by Gasteiger charge is 2.23. The highest BCUT2D eigenvalue weighted by Crippen LogP contribution is 2.23. The molecule has 0 saturated heterocycles. The zero-order valence-corrected chi connectivity index (χ0v) is 12.1. The van der Waals surface area contributed by atoms with E-state index in [0.717, 1.165) is 5.56 Å². The average molecular weight is 280 g/mol. The number of aromatic nitrogens is 2. The largest absolute Gasteiger partial charge is 0.339 e. The summed E-state index contributed by atoms with van der Waals surface area (Å²) >= 11 is 5.94. The zero-order chi connectivity index (χ0) is 14.0. The van der Waals surface area contributed by atoms with Gasteiger partial charge in [0.25, 0.3) is 0 Å². The molecule has 2 rings (SSSR count). The van der Waals surface area contributed by atoms with Crippen LogP contribution in [-0.2, 0) is 6.42 Å². The molecule has 0 aliphatic rings. The predicted octanol–water partition coefficient (Wildman–Crippen LogP) is 3.31. The molecule has 19 heavy (non-hydrogen) atoms. The van der Waals surface area contributed by atoms with Gasteiger partial charge in [-0.15, -0.1) is 0 Å². The molecule has 5 heteroatoms. The molecule has 1 unspecified atom stereocenters. The first-order valence-corrected chi connectivity index (χ1v) is 6.58. The number of benzene rings is 1. The minimum Gasteiger partial charge on any atom is -0.339 e. The van der Waals surface area contributed by atoms with Crippen LogP contribution in [0.15, 0.2) is 28.8 Å². The predicted molar refractivity (Wildman–Crippen MR) is 75.9 cm³/mol. The Balaban J connectivity index is 2.16. The lowest BCUT2D eigenvalue weighted by Crippen LogP contribution is -2.36. The Morgan fingerprint density at radius 1 is 1.37 bits per heavy atom. The molecule has 2 N–H and O–H groups in total. The van der Waals surface area contributed by atoms with Gasteiger partial charge in [0.1, 0.15) is 0 Å². The van der Waals surface area contributed by atoms with Gasteiger partial charge >= 0.3 is 0 Å². The van der Waals surface area contributed by atoms with Crippen LogP contribution in [0.2, 0.25) is 5.02 Å². The fourth-order valence-electron chi connectivity index (χ4n) is 1.58. The van der Waals surface area contributed by atoms with Gasteiger partial charge in [0.05, 0.1) is 0 Å². The second-order valence-electron chi connectivity index (χ2n) is 5.70. The molecular formula is C14H18ClN3O. The van der Waals surface area contributed by atoms with Gasteiger partial charge in [-0.3, -0.25) is 0 Å². The third-order valence-electron chi connectivity index (χ3n) is 3.06. The first kappa shape index (κ1) is 14.0. The molecule has 0 radical (unpaired) electrons. The molecule has 1 aromatic heterocycles. The minimum absolute atomic E-state index is 0.00465. The van der Waals surface area contributed by atoms with Gasteiger partial charge in [-0.2, -0.15) is 4.98 Å². The van der Waals surface area contributed by atoms with E-state index in [1.54, 1.807) is 6.07 Å². The summed E-state index contributed by atoms with van der Waals surface area (Å²) in [6, 6.07) is 7.33. The van der Waals surface area contributed by atoms with Crippen molar-refractivity contribution in [1.82, 2.24) is 10.1 Å². The Morgan fingerprint density at radius 3 is 2.74 bits per heavy atom. The molecule has 4 nitrogen and oxygen atoms in total. The van der Waals surface area contributed by atoms with E-state index in [4.69, 9.17) is 21.9 Å². The van der Waals surface area contributed by atoms with Crippen molar-refractivity contribution in [3.05, 3.63) is 35.2 Å². The molecule has 2 aromatic rings. The van der Waals surface area contributed by atoms with E-state index >= 15 is 0 Å². The third-order valence-corrected chi connectivity index (χ3v) is 3.29. The molecule has 102 valence electrons. The lowest BCUT2D eigenvalue weighted by atomic mass is 9.85. The van der Waals surface area contributed by atoms with Crippen LogP contribution in [0.4, 0.5) is 0 Å². The smallest absolute Gasteiger partial charge is 0.228 e. The maximum absolute atomic E-state index is 6.11. The summed E-state index contributed by atoms with van der Waals surface area (Å²) in [4.78, 5) is 4.36. The SMILES string of the molecule is CC(C)(C)C(N)Cc1nc(-c2cccc(Cl)c2)no1. The van der Waals surface area contributed by atoms with Gasteiger partial charge in [-0.05, 0) is 17.5 Å². The molecular weight excluding hydrogens is 262 g/mol. The number of nitrogens with two attached hydrogens (primary N) is 1. The van der Waals surface area contributed by atoms with E-state index < -0.39 is 0 Å². The summed E-state index contributed by atoms with van der Waals surface area (Å²) in [5.74, 6) is 1.09. The summed E-state index contributed by atoms with van der Waals surface area (Å²) in [5, 5.41) is 4.61. The summed E-state index contributed by atoms with van der Waals surface area (Å²) in [5.41, 5.74) is 6.95. The van der Waals surface area contributed by atoms with E-state index in [2.05, 4.69) is 30.9 Å². The summed E-state index contributed by atoms with van der Waals surface area (Å²) < 4.78 is 5.24. The summed E-state index contributed by atoms with van der Waals surface area (Å²) in [7, 11) is 0. The second kappa shape index (κ2) is 5.31. The zero-order valence-electron chi connectivity index (χ0n) is 11.4. The van der Waals surface area contributed by atoms with Crippen molar-refractivity contribution in [3.8, 4) is 11.4 Å². The van der Waals surface area contributed by atoms with Gasteiger partial charge in [0.15, 0.2) is 0 Å². The van der Waals surface area contributed by atoms with E-state index in [1.807, 2.05) is 18.2 Å². The quantitative estimate of drug-likeness (QED) is 0.936. The van der Waals surface area contributed by atoms with Gasteiger partial charge in [-0.1, -0.05) is 49.7 Å². The van der Waals surface area contributed by atoms with Crippen molar-refractivity contribution in [2.75, 3.05) is 0 Å². The maximum atomic E-state index is 6.11. The second-order valence-corrected chi connectivity index (χ2v) is 6.14. The minimum atomic E-state index is -0.0276. The standard InChI is InChI=1S/C14H18ClN3O/c1-14(2,3)11(16)8-12-17-13(18-19-12)9-5-4-6-10(15)7-9/h4-7,11H,8,16H2,1-3H3. The highest BCUT2D eigenvalue weighted by atomic mass is 35.5. The van der Waals surface area contributed by atoms with Crippen molar-refractivity contribution in [1.29, 1.82) is 0 Å². The van der Waals surface area contributed by atoms with Crippen LogP contribution < -0.4 is 5.73 Å². The Morgan fingerprint density at radius 2 is 2.11 bits per heavy atom. The fourth-order valence-corrected chi connectivity index (χ4v) is 1.77. The number of halogens is 1. The molecule has 1 heterocycles. The molecule has 0 bridgehead atoms. The highest BCUT2D eigenvalue weighted by molar-refractivity contribution is 6.30. The number of nitrogens with zero attached hydrogens (tertiary/aromatic N) is 2. The molecule has 0 fully saturated rings. The number of rotatable bonds is 3. The van der Waals surface area contributed by atoms with Crippen LogP contribution in [0.5, 0.6) is 0 Å². The van der Waals surface area contributed by atoms with Gasteiger partial charge in [0.2, 0.25) is 11.7 Å². The Kier molecular flexibility index (Phi) is 3.92. The van der Waals surface area contributed by atoms with Crippen molar-refractivity contribution in [3.63, 3.8) is 0 Å². The van der Waals surface area contributed by atoms with E-state index in [9.17, 15) is 0 Å². The van der Waals surface area contributed by atoms with Crippen molar-refractivity contribution in [2.24, 2.45) is 11.1 Å². The van der Waals surface area contributed by atoms with Gasteiger partial charge in [-0.25, -0.2) is 0 Å². The lowest BCUT2D eigenvalue weighted by Gasteiger charge is -2.25. The first-order chi connectivity index (χ1) is 8.86. The van der Waals surface area contributed by atoms with Crippen LogP contribution in [0.25, 0.3) is 11.4 Å². The molecule has 1 aromatic carbocycles. The fraction of sp³-hybridized carbons (Fsp3) is 0.429. The van der Waals surface area contributed by atoms with Crippen LogP contribution in [0.1, 0.15) is 26.7 Å². The molecule has 0 saturated carbocycles. The Bertz CT molecular complexity index is 560. The molecule has 0 spiro atoms. The normalized spacial score (nSPS) is 13.5. The van der Waals surface area contributed by atoms with Crippen LogP contribution in [0.3, 0.4) is 0 Å². The lowest BCUT2D eigenvalue weighted by molar-refractivity contribution is 0.286. The molecule has 1 atom stereocenters. The topological polar surface area (TPSA) is 64.9 Å². The number of hydrogen-bond acceptors (Lipinski definition) is 4. The van der Waals surface area contributed by atoms with E-state index in [0.29, 0.717) is 23.2 Å². The van der Waals surface area contributed by atoms with E-state index in [1.165, 1.54) is 0 Å². The third kappa shape index (κ3) is 3.55. The van der Waals surface area contributed by atoms with Crippen LogP contribution in [0, 0.1) is 5.41 Å². The molecule has 0 amide bonds. The van der Waals surface area contributed by atoms with Crippen LogP contribution in [-0.4, -0.2) is 16.2 Å². The van der Waals surface area contributed by atoms with Gasteiger partial charge in [0, 0.05) is 23.0 Å².